The standard InChI is InChI=1S/C38H44Cl2FN5O9S/c1-37(2,3)55-35(50)42-29-13-8-6-4-5-7-11-23-18-38(23,34(49)44-56(52,53)31-16-24(39)14-15-27(31)40)43-32(47)30-17-25(20-46(30)33(29)48)54-36(51)45-19-22-10-9-12-28(41)26(22)21-45/h7,9-12,14-16,23,25,29-30H,4-6,8,13,17-21H2,1-3H3,(H,42,50)(H,43,47)(H,44,49)/t23-,25-,29+,30+,38-/m1/s1. The molecule has 2 aromatic carbocycles. The van der Waals surface area contributed by atoms with E-state index in [4.69, 9.17) is 32.7 Å². The largest absolute Gasteiger partial charge is 0.444 e. The number of carbonyl (C=O) groups is 5. The maximum Gasteiger partial charge on any atom is 0.410 e. The zero-order valence-electron chi connectivity index (χ0n) is 31.1. The smallest absolute Gasteiger partial charge is 0.410 e. The molecule has 14 nitrogen and oxygen atoms in total. The third kappa shape index (κ3) is 9.24. The van der Waals surface area contributed by atoms with Crippen molar-refractivity contribution in [1.82, 2.24) is 25.2 Å². The van der Waals surface area contributed by atoms with Crippen LogP contribution in [-0.4, -0.2) is 84.0 Å². The molecule has 18 heteroatoms. The Kier molecular flexibility index (Phi) is 11.9. The average Bonchev–Trinajstić information content (AvgIpc) is 3.41. The van der Waals surface area contributed by atoms with Gasteiger partial charge in [-0.25, -0.2) is 27.1 Å². The highest BCUT2D eigenvalue weighted by atomic mass is 35.5. The zero-order valence-corrected chi connectivity index (χ0v) is 33.4. The Bertz CT molecular complexity index is 2060. The van der Waals surface area contributed by atoms with Crippen molar-refractivity contribution >= 4 is 63.1 Å². The van der Waals surface area contributed by atoms with E-state index in [1.807, 2.05) is 10.8 Å². The third-order valence-corrected chi connectivity index (χ3v) is 12.2. The number of nitrogens with one attached hydrogen (secondary N) is 3. The normalized spacial score (nSPS) is 25.5. The van der Waals surface area contributed by atoms with Crippen molar-refractivity contribution in [1.29, 1.82) is 0 Å². The summed E-state index contributed by atoms with van der Waals surface area (Å²) >= 11 is 12.2. The lowest BCUT2D eigenvalue weighted by Gasteiger charge is -2.30. The van der Waals surface area contributed by atoms with Crippen LogP contribution in [-0.2, 0) is 47.0 Å². The molecule has 3 heterocycles. The van der Waals surface area contributed by atoms with Crippen molar-refractivity contribution in [2.24, 2.45) is 5.92 Å². The molecular weight excluding hydrogens is 792 g/mol. The molecule has 1 saturated carbocycles. The van der Waals surface area contributed by atoms with Crippen LogP contribution in [0.2, 0.25) is 10.0 Å². The summed E-state index contributed by atoms with van der Waals surface area (Å²) in [5, 5.41) is 5.28. The van der Waals surface area contributed by atoms with Gasteiger partial charge in [-0.3, -0.25) is 19.3 Å². The second kappa shape index (κ2) is 16.2. The molecule has 3 aliphatic heterocycles. The summed E-state index contributed by atoms with van der Waals surface area (Å²) in [5.74, 6) is -3.51. The van der Waals surface area contributed by atoms with E-state index >= 15 is 0 Å². The minimum Gasteiger partial charge on any atom is -0.444 e. The zero-order chi connectivity index (χ0) is 40.6. The van der Waals surface area contributed by atoms with E-state index in [2.05, 4.69) is 10.6 Å². The maximum atomic E-state index is 14.5. The highest BCUT2D eigenvalue weighted by Crippen LogP contribution is 2.46. The summed E-state index contributed by atoms with van der Waals surface area (Å²) in [6, 6.07) is 5.89. The molecule has 5 atom stereocenters. The molecule has 1 aliphatic carbocycles. The summed E-state index contributed by atoms with van der Waals surface area (Å²) < 4.78 is 54.6. The van der Waals surface area contributed by atoms with E-state index in [9.17, 15) is 36.8 Å². The molecule has 4 aliphatic rings. The molecule has 302 valence electrons. The number of fused-ring (bicyclic) bond motifs is 3. The lowest BCUT2D eigenvalue weighted by atomic mass is 10.0. The van der Waals surface area contributed by atoms with Gasteiger partial charge in [0.1, 0.15) is 40.0 Å². The Morgan fingerprint density at radius 3 is 2.55 bits per heavy atom. The first-order valence-corrected chi connectivity index (χ1v) is 20.6. The van der Waals surface area contributed by atoms with Crippen molar-refractivity contribution in [3.05, 3.63) is 75.5 Å². The Morgan fingerprint density at radius 1 is 1.05 bits per heavy atom. The molecule has 0 aromatic heterocycles. The van der Waals surface area contributed by atoms with Crippen LogP contribution in [0.5, 0.6) is 0 Å². The molecule has 2 aromatic rings. The molecule has 0 radical (unpaired) electrons. The number of hydrogen-bond acceptors (Lipinski definition) is 9. The average molecular weight is 837 g/mol. The molecule has 5 amide bonds. The fraction of sp³-hybridized carbons (Fsp3) is 0.500. The number of rotatable bonds is 5. The molecule has 0 bridgehead atoms. The van der Waals surface area contributed by atoms with Crippen LogP contribution >= 0.6 is 23.2 Å². The van der Waals surface area contributed by atoms with E-state index in [0.29, 0.717) is 36.8 Å². The van der Waals surface area contributed by atoms with Gasteiger partial charge in [-0.15, -0.1) is 0 Å². The molecule has 0 spiro atoms. The number of halogens is 3. The van der Waals surface area contributed by atoms with Crippen LogP contribution in [0.25, 0.3) is 0 Å². The Hall–Kier alpha value is -4.41. The van der Waals surface area contributed by atoms with E-state index < -0.39 is 85.9 Å². The summed E-state index contributed by atoms with van der Waals surface area (Å²) in [6.07, 6.45) is 3.59. The number of nitrogens with zero attached hydrogens (tertiary/aromatic N) is 2. The quantitative estimate of drug-likeness (QED) is 0.335. The first-order chi connectivity index (χ1) is 26.4. The van der Waals surface area contributed by atoms with Gasteiger partial charge in [0.2, 0.25) is 11.8 Å². The second-order valence-electron chi connectivity index (χ2n) is 15.5. The molecule has 6 rings (SSSR count). The van der Waals surface area contributed by atoms with Gasteiger partial charge in [0.25, 0.3) is 15.9 Å². The predicted molar refractivity (Wildman–Crippen MR) is 202 cm³/mol. The highest BCUT2D eigenvalue weighted by molar-refractivity contribution is 7.90. The monoisotopic (exact) mass is 835 g/mol. The van der Waals surface area contributed by atoms with Gasteiger partial charge in [-0.05, 0) is 76.3 Å². The van der Waals surface area contributed by atoms with Crippen LogP contribution in [0, 0.1) is 11.7 Å². The first-order valence-electron chi connectivity index (χ1n) is 18.4. The number of sulfonamides is 1. The minimum absolute atomic E-state index is 0.0299. The second-order valence-corrected chi connectivity index (χ2v) is 18.0. The molecular formula is C38H44Cl2FN5O9S. The predicted octanol–water partition coefficient (Wildman–Crippen LogP) is 5.35. The summed E-state index contributed by atoms with van der Waals surface area (Å²) in [4.78, 5) is 71.1. The molecule has 0 unspecified atom stereocenters. The molecule has 3 N–H and O–H groups in total. The number of benzene rings is 2. The highest BCUT2D eigenvalue weighted by Gasteiger charge is 2.62. The molecule has 2 fully saturated rings. The topological polar surface area (TPSA) is 181 Å². The summed E-state index contributed by atoms with van der Waals surface area (Å²) in [5.41, 5.74) is -1.60. The fourth-order valence-electron chi connectivity index (χ4n) is 7.29. The van der Waals surface area contributed by atoms with Gasteiger partial charge >= 0.3 is 12.2 Å². The van der Waals surface area contributed by atoms with E-state index in [0.717, 1.165) is 6.07 Å². The van der Waals surface area contributed by atoms with Gasteiger partial charge < -0.3 is 25.0 Å². The Labute approximate surface area is 334 Å². The van der Waals surface area contributed by atoms with Gasteiger partial charge in [-0.2, -0.15) is 0 Å². The van der Waals surface area contributed by atoms with Crippen molar-refractivity contribution < 1.29 is 46.3 Å². The summed E-state index contributed by atoms with van der Waals surface area (Å²) in [7, 11) is -4.56. The van der Waals surface area contributed by atoms with Crippen molar-refractivity contribution in [3.63, 3.8) is 0 Å². The Balaban J connectivity index is 1.27. The summed E-state index contributed by atoms with van der Waals surface area (Å²) in [6.45, 7) is 4.86. The maximum absolute atomic E-state index is 14.5. The number of carbonyl (C=O) groups excluding carboxylic acids is 5. The van der Waals surface area contributed by atoms with Crippen LogP contribution in [0.1, 0.15) is 76.8 Å². The Morgan fingerprint density at radius 2 is 1.82 bits per heavy atom. The lowest BCUT2D eigenvalue weighted by molar-refractivity contribution is -0.141. The van der Waals surface area contributed by atoms with E-state index in [-0.39, 0.29) is 48.9 Å². The third-order valence-electron chi connectivity index (χ3n) is 10.2. The number of hydrogen-bond donors (Lipinski definition) is 3. The van der Waals surface area contributed by atoms with Crippen molar-refractivity contribution in [3.8, 4) is 0 Å². The van der Waals surface area contributed by atoms with Crippen LogP contribution in [0.4, 0.5) is 14.0 Å². The fourth-order valence-corrected chi connectivity index (χ4v) is 9.10. The van der Waals surface area contributed by atoms with E-state index in [1.54, 1.807) is 39.0 Å². The van der Waals surface area contributed by atoms with Crippen molar-refractivity contribution in [2.45, 2.75) is 113 Å². The van der Waals surface area contributed by atoms with E-state index in [1.165, 1.54) is 28.0 Å². The molecule has 56 heavy (non-hydrogen) atoms. The van der Waals surface area contributed by atoms with Gasteiger partial charge in [0, 0.05) is 29.5 Å². The van der Waals surface area contributed by atoms with Gasteiger partial charge in [0.15, 0.2) is 0 Å². The number of allylic oxidation sites excluding steroid dienone is 1. The first kappa shape index (κ1) is 41.2. The molecule has 1 saturated heterocycles. The van der Waals surface area contributed by atoms with Gasteiger partial charge in [0.05, 0.1) is 18.1 Å². The van der Waals surface area contributed by atoms with Crippen LogP contribution < -0.4 is 15.4 Å². The SMILES string of the molecule is CC(C)(C)OC(=O)N[C@H]1CCCCCC=C[C@@H]2C[C@@]2(C(=O)NS(=O)(=O)c2cc(Cl)ccc2Cl)NC(=O)[C@@H]2C[C@@H](OC(=O)N3Cc4cccc(F)c4C3)CN2C1=O. The van der Waals surface area contributed by atoms with Crippen molar-refractivity contribution in [2.75, 3.05) is 6.54 Å². The minimum atomic E-state index is -4.56. The van der Waals surface area contributed by atoms with Gasteiger partial charge in [-0.1, -0.05) is 60.3 Å². The number of alkyl carbamates (subject to hydrolysis) is 1. The van der Waals surface area contributed by atoms with Crippen LogP contribution in [0.3, 0.4) is 0 Å². The number of amides is 5. The number of ether oxygens (including phenoxy) is 2. The van der Waals surface area contributed by atoms with Crippen LogP contribution in [0.15, 0.2) is 53.4 Å². The lowest BCUT2D eigenvalue weighted by Crippen LogP contribution is -2.58.